The molecule has 0 saturated heterocycles. The Bertz CT molecular complexity index is 971. The van der Waals surface area contributed by atoms with Crippen LogP contribution >= 0.6 is 11.3 Å². The summed E-state index contributed by atoms with van der Waals surface area (Å²) in [6.07, 6.45) is 0.630. The van der Waals surface area contributed by atoms with Gasteiger partial charge in [0, 0.05) is 17.5 Å². The van der Waals surface area contributed by atoms with E-state index in [9.17, 15) is 4.79 Å². The first kappa shape index (κ1) is 20.7. The monoisotopic (exact) mass is 412 g/mol. The van der Waals surface area contributed by atoms with Crippen molar-refractivity contribution in [2.24, 2.45) is 0 Å². The molecule has 6 nitrogen and oxygen atoms in total. The Labute approximate surface area is 174 Å². The topological polar surface area (TPSA) is 69.7 Å². The molecule has 0 atom stereocenters. The van der Waals surface area contributed by atoms with Gasteiger partial charge in [0.2, 0.25) is 0 Å². The second kappa shape index (κ2) is 9.93. The van der Waals surface area contributed by atoms with Gasteiger partial charge in [-0.15, -0.1) is 11.3 Å². The van der Waals surface area contributed by atoms with Crippen LogP contribution in [0.3, 0.4) is 0 Å². The fraction of sp³-hybridized carbons (Fsp3) is 0.273. The van der Waals surface area contributed by atoms with E-state index in [0.29, 0.717) is 30.9 Å². The highest BCUT2D eigenvalue weighted by atomic mass is 32.1. The Kier molecular flexibility index (Phi) is 7.08. The van der Waals surface area contributed by atoms with Crippen molar-refractivity contribution in [3.05, 3.63) is 69.7 Å². The number of ether oxygens (including phenoxy) is 3. The van der Waals surface area contributed by atoms with Gasteiger partial charge in [-0.05, 0) is 55.3 Å². The lowest BCUT2D eigenvalue weighted by Gasteiger charge is -2.11. The van der Waals surface area contributed by atoms with Crippen LogP contribution in [-0.2, 0) is 13.0 Å². The second-order valence-corrected chi connectivity index (χ2v) is 7.42. The number of nitrogens with one attached hydrogen (secondary N) is 1. The summed E-state index contributed by atoms with van der Waals surface area (Å²) in [5.41, 5.74) is 2.41. The van der Waals surface area contributed by atoms with Gasteiger partial charge >= 0.3 is 0 Å². The molecular weight excluding hydrogens is 388 g/mol. The number of aromatic nitrogens is 1. The van der Waals surface area contributed by atoms with Crippen LogP contribution in [-0.4, -0.2) is 31.7 Å². The second-order valence-electron chi connectivity index (χ2n) is 6.36. The van der Waals surface area contributed by atoms with Gasteiger partial charge in [0.15, 0.2) is 0 Å². The molecule has 29 heavy (non-hydrogen) atoms. The van der Waals surface area contributed by atoms with Gasteiger partial charge in [-0.3, -0.25) is 4.79 Å². The number of aryl methyl sites for hydroxylation is 1. The number of hydrogen-bond acceptors (Lipinski definition) is 6. The first-order chi connectivity index (χ1) is 14.1. The molecule has 1 amide bonds. The molecule has 0 saturated carbocycles. The van der Waals surface area contributed by atoms with Gasteiger partial charge in [-0.25, -0.2) is 4.98 Å². The van der Waals surface area contributed by atoms with Crippen LogP contribution in [0.5, 0.6) is 17.2 Å². The highest BCUT2D eigenvalue weighted by Crippen LogP contribution is 2.24. The number of amides is 1. The van der Waals surface area contributed by atoms with Gasteiger partial charge < -0.3 is 19.5 Å². The Hall–Kier alpha value is -3.06. The van der Waals surface area contributed by atoms with Crippen LogP contribution in [0.2, 0.25) is 0 Å². The Morgan fingerprint density at radius 2 is 1.97 bits per heavy atom. The Morgan fingerprint density at radius 1 is 1.10 bits per heavy atom. The Balaban J connectivity index is 1.55. The molecule has 0 unspecified atom stereocenters. The number of carbonyl (C=O) groups is 1. The number of rotatable bonds is 9. The number of thiazole rings is 1. The van der Waals surface area contributed by atoms with Crippen molar-refractivity contribution in [2.75, 3.05) is 20.8 Å². The van der Waals surface area contributed by atoms with E-state index in [1.54, 1.807) is 37.7 Å². The average Bonchev–Trinajstić information content (AvgIpc) is 3.17. The minimum Gasteiger partial charge on any atom is -0.497 e. The molecule has 0 bridgehead atoms. The van der Waals surface area contributed by atoms with Crippen molar-refractivity contribution in [3.63, 3.8) is 0 Å². The maximum absolute atomic E-state index is 12.5. The molecule has 3 aromatic rings. The summed E-state index contributed by atoms with van der Waals surface area (Å²) in [5.74, 6) is 2.01. The molecule has 2 aromatic carbocycles. The lowest BCUT2D eigenvalue weighted by Crippen LogP contribution is -2.25. The minimum atomic E-state index is -0.151. The maximum atomic E-state index is 12.5. The summed E-state index contributed by atoms with van der Waals surface area (Å²) >= 11 is 1.59. The lowest BCUT2D eigenvalue weighted by molar-refractivity contribution is 0.0953. The van der Waals surface area contributed by atoms with Gasteiger partial charge in [0.1, 0.15) is 23.9 Å². The molecule has 152 valence electrons. The minimum absolute atomic E-state index is 0.151. The van der Waals surface area contributed by atoms with Crippen molar-refractivity contribution in [1.29, 1.82) is 0 Å². The number of benzene rings is 2. The van der Waals surface area contributed by atoms with Crippen LogP contribution in [0, 0.1) is 6.92 Å². The van der Waals surface area contributed by atoms with Gasteiger partial charge in [0.25, 0.3) is 5.91 Å². The molecule has 0 aliphatic carbocycles. The van der Waals surface area contributed by atoms with Crippen molar-refractivity contribution >= 4 is 17.2 Å². The third-order valence-corrected chi connectivity index (χ3v) is 5.14. The number of nitrogens with zero attached hydrogens (tertiary/aromatic N) is 1. The molecule has 3 rings (SSSR count). The molecule has 1 heterocycles. The van der Waals surface area contributed by atoms with E-state index in [2.05, 4.69) is 10.3 Å². The number of methoxy groups -OCH3 is 2. The van der Waals surface area contributed by atoms with E-state index in [1.165, 1.54) is 0 Å². The predicted octanol–water partition coefficient (Wildman–Crippen LogP) is 4.02. The SMILES string of the molecule is COc1ccc(OC)c(CCNC(=O)c2cccc(OCc3csc(C)n3)c2)c1. The van der Waals surface area contributed by atoms with Crippen LogP contribution in [0.25, 0.3) is 0 Å². The fourth-order valence-electron chi connectivity index (χ4n) is 2.85. The summed E-state index contributed by atoms with van der Waals surface area (Å²) in [7, 11) is 3.25. The van der Waals surface area contributed by atoms with Gasteiger partial charge in [-0.1, -0.05) is 6.07 Å². The molecule has 0 radical (unpaired) electrons. The highest BCUT2D eigenvalue weighted by Gasteiger charge is 2.09. The van der Waals surface area contributed by atoms with E-state index in [-0.39, 0.29) is 5.91 Å². The quantitative estimate of drug-likeness (QED) is 0.575. The van der Waals surface area contributed by atoms with E-state index < -0.39 is 0 Å². The van der Waals surface area contributed by atoms with Gasteiger partial charge in [0.05, 0.1) is 24.9 Å². The van der Waals surface area contributed by atoms with E-state index in [4.69, 9.17) is 14.2 Å². The van der Waals surface area contributed by atoms with Crippen molar-refractivity contribution < 1.29 is 19.0 Å². The molecule has 7 heteroatoms. The summed E-state index contributed by atoms with van der Waals surface area (Å²) in [6.45, 7) is 2.82. The fourth-order valence-corrected chi connectivity index (χ4v) is 3.45. The first-order valence-electron chi connectivity index (χ1n) is 9.22. The summed E-state index contributed by atoms with van der Waals surface area (Å²) in [4.78, 5) is 16.9. The number of hydrogen-bond donors (Lipinski definition) is 1. The molecule has 0 aliphatic heterocycles. The summed E-state index contributed by atoms with van der Waals surface area (Å²) in [6, 6.07) is 12.8. The van der Waals surface area contributed by atoms with Crippen LogP contribution in [0.1, 0.15) is 26.6 Å². The normalized spacial score (nSPS) is 10.4. The van der Waals surface area contributed by atoms with E-state index >= 15 is 0 Å². The molecule has 0 spiro atoms. The first-order valence-corrected chi connectivity index (χ1v) is 10.1. The molecule has 0 fully saturated rings. The van der Waals surface area contributed by atoms with Crippen molar-refractivity contribution in [3.8, 4) is 17.2 Å². The van der Waals surface area contributed by atoms with Gasteiger partial charge in [-0.2, -0.15) is 0 Å². The zero-order valence-corrected chi connectivity index (χ0v) is 17.5. The summed E-state index contributed by atoms with van der Waals surface area (Å²) in [5, 5.41) is 5.91. The molecule has 1 aromatic heterocycles. The molecular formula is C22H24N2O4S. The average molecular weight is 413 g/mol. The van der Waals surface area contributed by atoms with Crippen molar-refractivity contribution in [2.45, 2.75) is 20.0 Å². The predicted molar refractivity (Wildman–Crippen MR) is 113 cm³/mol. The van der Waals surface area contributed by atoms with Crippen LogP contribution < -0.4 is 19.5 Å². The standard InChI is InChI=1S/C22H24N2O4S/c1-15-24-18(14-29-15)13-28-20-6-4-5-17(12-20)22(25)23-10-9-16-11-19(26-2)7-8-21(16)27-3/h4-8,11-12,14H,9-10,13H2,1-3H3,(H,23,25). The molecule has 1 N–H and O–H groups in total. The zero-order chi connectivity index (χ0) is 20.6. The van der Waals surface area contributed by atoms with Crippen LogP contribution in [0.15, 0.2) is 47.8 Å². The number of carbonyl (C=O) groups excluding carboxylic acids is 1. The zero-order valence-electron chi connectivity index (χ0n) is 16.7. The molecule has 0 aliphatic rings. The van der Waals surface area contributed by atoms with E-state index in [0.717, 1.165) is 27.8 Å². The lowest BCUT2D eigenvalue weighted by atomic mass is 10.1. The highest BCUT2D eigenvalue weighted by molar-refractivity contribution is 7.09. The smallest absolute Gasteiger partial charge is 0.251 e. The maximum Gasteiger partial charge on any atom is 0.251 e. The Morgan fingerprint density at radius 3 is 2.69 bits per heavy atom. The van der Waals surface area contributed by atoms with Crippen molar-refractivity contribution in [1.82, 2.24) is 10.3 Å². The largest absolute Gasteiger partial charge is 0.497 e. The third kappa shape index (κ3) is 5.71. The van der Waals surface area contributed by atoms with E-state index in [1.807, 2.05) is 42.6 Å². The summed E-state index contributed by atoms with van der Waals surface area (Å²) < 4.78 is 16.4. The van der Waals surface area contributed by atoms with Crippen LogP contribution in [0.4, 0.5) is 0 Å². The third-order valence-electron chi connectivity index (χ3n) is 4.32.